The quantitative estimate of drug-likeness (QED) is 0.829. The van der Waals surface area contributed by atoms with Gasteiger partial charge in [-0.2, -0.15) is 5.10 Å². The molecule has 0 atom stereocenters. The van der Waals surface area contributed by atoms with Gasteiger partial charge in [0, 0.05) is 25.5 Å². The number of alkyl halides is 2. The van der Waals surface area contributed by atoms with E-state index in [1.807, 2.05) is 0 Å². The van der Waals surface area contributed by atoms with Crippen LogP contribution < -0.4 is 5.73 Å². The van der Waals surface area contributed by atoms with E-state index in [4.69, 9.17) is 0 Å². The summed E-state index contributed by atoms with van der Waals surface area (Å²) >= 11 is 4.05. The molecule has 2 heterocycles. The van der Waals surface area contributed by atoms with Gasteiger partial charge in [-0.25, -0.2) is 13.8 Å². The summed E-state index contributed by atoms with van der Waals surface area (Å²) in [5.41, 5.74) is 5.39. The zero-order valence-electron chi connectivity index (χ0n) is 8.99. The van der Waals surface area contributed by atoms with Crippen LogP contribution in [0.4, 0.5) is 8.78 Å². The van der Waals surface area contributed by atoms with Crippen LogP contribution in [-0.2, 0) is 7.05 Å². The van der Waals surface area contributed by atoms with Gasteiger partial charge >= 0.3 is 0 Å². The minimum absolute atomic E-state index is 0.226. The molecule has 17 heavy (non-hydrogen) atoms. The summed E-state index contributed by atoms with van der Waals surface area (Å²) in [5, 5.41) is 3.68. The molecule has 8 heteroatoms. The van der Waals surface area contributed by atoms with E-state index in [-0.39, 0.29) is 5.69 Å². The number of aromatic nitrogens is 4. The Morgan fingerprint density at radius 3 is 2.59 bits per heavy atom. The summed E-state index contributed by atoms with van der Waals surface area (Å²) in [4.78, 5) is 3.83. The minimum Gasteiger partial charge on any atom is -0.396 e. The van der Waals surface area contributed by atoms with Crippen LogP contribution in [-0.4, -0.2) is 24.8 Å². The molecule has 0 aliphatic rings. The van der Waals surface area contributed by atoms with Gasteiger partial charge in [0.1, 0.15) is 17.8 Å². The maximum atomic E-state index is 12.3. The Labute approximate surface area is 102 Å². The molecule has 2 rings (SSSR count). The van der Waals surface area contributed by atoms with E-state index < -0.39 is 6.43 Å². The van der Waals surface area contributed by atoms with Crippen LogP contribution in [0, 0.1) is 0 Å². The summed E-state index contributed by atoms with van der Waals surface area (Å²) < 4.78 is 27.6. The molecular weight excluding hydrogens is 248 g/mol. The highest BCUT2D eigenvalue weighted by atomic mass is 32.1. The van der Waals surface area contributed by atoms with Gasteiger partial charge in [-0.15, -0.1) is 0 Å². The van der Waals surface area contributed by atoms with Crippen LogP contribution in [0.25, 0.3) is 5.82 Å². The normalized spacial score (nSPS) is 9.88. The lowest BCUT2D eigenvalue weighted by Gasteiger charge is -1.99. The van der Waals surface area contributed by atoms with Crippen molar-refractivity contribution < 1.29 is 8.78 Å². The number of hydrogen-bond acceptors (Lipinski definition) is 3. The molecule has 2 aromatic heterocycles. The van der Waals surface area contributed by atoms with E-state index in [1.165, 1.54) is 17.1 Å². The maximum absolute atomic E-state index is 12.3. The first-order chi connectivity index (χ1) is 8.10. The molecule has 0 radical (unpaired) electrons. The third-order valence-electron chi connectivity index (χ3n) is 1.87. The number of hydrogen-bond donors (Lipinski definition) is 1. The summed E-state index contributed by atoms with van der Waals surface area (Å²) in [6.45, 7) is 0. The Hall–Kier alpha value is -1.83. The van der Waals surface area contributed by atoms with Gasteiger partial charge in [-0.05, 0) is 0 Å². The Morgan fingerprint density at radius 2 is 2.18 bits per heavy atom. The first-order valence-corrected chi connectivity index (χ1v) is 5.03. The predicted octanol–water partition coefficient (Wildman–Crippen LogP) is 1.45. The third-order valence-corrected chi connectivity index (χ3v) is 1.87. The van der Waals surface area contributed by atoms with Crippen molar-refractivity contribution in [2.24, 2.45) is 12.8 Å². The molecular formula is C9H11F2N5S. The first-order valence-electron chi connectivity index (χ1n) is 4.56. The van der Waals surface area contributed by atoms with Crippen molar-refractivity contribution in [1.82, 2.24) is 19.3 Å². The van der Waals surface area contributed by atoms with Crippen LogP contribution in [0.3, 0.4) is 0 Å². The average molecular weight is 259 g/mol. The van der Waals surface area contributed by atoms with E-state index in [0.29, 0.717) is 5.82 Å². The Balaban J connectivity index is 0.000000437. The molecule has 0 fully saturated rings. The SMILES string of the molecule is Cn1nc(C(F)F)cc1-n1ccnc1.NC=S. The molecule has 92 valence electrons. The van der Waals surface area contributed by atoms with Crippen molar-refractivity contribution in [3.8, 4) is 5.82 Å². The standard InChI is InChI=1S/C8H8F2N4.CH3NS/c1-13-7(14-3-2-11-5-14)4-6(12-13)8(9)10;2-1-3/h2-5,8H,1H3;1H,(H2,2,3). The van der Waals surface area contributed by atoms with Crippen LogP contribution in [0.15, 0.2) is 24.8 Å². The summed E-state index contributed by atoms with van der Waals surface area (Å²) in [6.07, 6.45) is 2.24. The number of imidazole rings is 1. The molecule has 0 saturated heterocycles. The molecule has 0 aliphatic heterocycles. The zero-order chi connectivity index (χ0) is 12.8. The second kappa shape index (κ2) is 6.04. The molecule has 0 saturated carbocycles. The molecule has 0 amide bonds. The summed E-state index contributed by atoms with van der Waals surface area (Å²) in [6, 6.07) is 1.34. The topological polar surface area (TPSA) is 61.7 Å². The highest BCUT2D eigenvalue weighted by molar-refractivity contribution is 7.78. The lowest BCUT2D eigenvalue weighted by molar-refractivity contribution is 0.145. The third kappa shape index (κ3) is 3.31. The van der Waals surface area contributed by atoms with Crippen LogP contribution in [0.1, 0.15) is 12.1 Å². The fraction of sp³-hybridized carbons (Fsp3) is 0.222. The number of aryl methyl sites for hydroxylation is 1. The van der Waals surface area contributed by atoms with Crippen molar-refractivity contribution in [3.63, 3.8) is 0 Å². The molecule has 2 N–H and O–H groups in total. The Morgan fingerprint density at radius 1 is 1.53 bits per heavy atom. The number of nitrogens with two attached hydrogens (primary N) is 1. The second-order valence-electron chi connectivity index (χ2n) is 2.96. The second-order valence-corrected chi connectivity index (χ2v) is 3.23. The lowest BCUT2D eigenvalue weighted by atomic mass is 10.4. The van der Waals surface area contributed by atoms with E-state index >= 15 is 0 Å². The van der Waals surface area contributed by atoms with E-state index in [2.05, 4.69) is 28.0 Å². The smallest absolute Gasteiger partial charge is 0.282 e. The van der Waals surface area contributed by atoms with E-state index in [0.717, 1.165) is 5.49 Å². The van der Waals surface area contributed by atoms with Gasteiger partial charge in [0.25, 0.3) is 6.43 Å². The zero-order valence-corrected chi connectivity index (χ0v) is 9.81. The van der Waals surface area contributed by atoms with Gasteiger partial charge in [0.05, 0.1) is 5.49 Å². The molecule has 2 aromatic rings. The van der Waals surface area contributed by atoms with Crippen molar-refractivity contribution in [2.45, 2.75) is 6.43 Å². The number of nitrogens with zero attached hydrogens (tertiary/aromatic N) is 4. The fourth-order valence-corrected chi connectivity index (χ4v) is 1.22. The Bertz CT molecular complexity index is 466. The minimum atomic E-state index is -2.54. The monoisotopic (exact) mass is 259 g/mol. The van der Waals surface area contributed by atoms with E-state index in [1.54, 1.807) is 24.0 Å². The Kier molecular flexibility index (Phi) is 4.70. The largest absolute Gasteiger partial charge is 0.396 e. The molecule has 0 bridgehead atoms. The number of halogens is 2. The van der Waals surface area contributed by atoms with Crippen molar-refractivity contribution in [1.29, 1.82) is 0 Å². The lowest BCUT2D eigenvalue weighted by Crippen LogP contribution is -2.00. The van der Waals surface area contributed by atoms with Gasteiger partial charge in [-0.3, -0.25) is 9.25 Å². The van der Waals surface area contributed by atoms with Gasteiger partial charge in [-0.1, -0.05) is 12.2 Å². The molecule has 0 spiro atoms. The van der Waals surface area contributed by atoms with Gasteiger partial charge in [0.2, 0.25) is 0 Å². The summed E-state index contributed by atoms with van der Waals surface area (Å²) in [5.74, 6) is 0.567. The average Bonchev–Trinajstić information content (AvgIpc) is 2.86. The van der Waals surface area contributed by atoms with Crippen LogP contribution in [0.5, 0.6) is 0 Å². The number of rotatable bonds is 2. The summed E-state index contributed by atoms with van der Waals surface area (Å²) in [7, 11) is 1.61. The van der Waals surface area contributed by atoms with E-state index in [9.17, 15) is 8.78 Å². The predicted molar refractivity (Wildman–Crippen MR) is 63.1 cm³/mol. The molecule has 0 aromatic carbocycles. The maximum Gasteiger partial charge on any atom is 0.282 e. The van der Waals surface area contributed by atoms with Gasteiger partial charge in [0.15, 0.2) is 0 Å². The highest BCUT2D eigenvalue weighted by Gasteiger charge is 2.14. The van der Waals surface area contributed by atoms with Crippen molar-refractivity contribution >= 4 is 17.7 Å². The van der Waals surface area contributed by atoms with Crippen LogP contribution in [0.2, 0.25) is 0 Å². The van der Waals surface area contributed by atoms with Crippen LogP contribution >= 0.6 is 12.2 Å². The fourth-order valence-electron chi connectivity index (χ4n) is 1.22. The first kappa shape index (κ1) is 13.2. The molecule has 0 unspecified atom stereocenters. The number of thiocarbonyl (C=S) groups is 1. The highest BCUT2D eigenvalue weighted by Crippen LogP contribution is 2.19. The van der Waals surface area contributed by atoms with Crippen molar-refractivity contribution in [3.05, 3.63) is 30.5 Å². The molecule has 5 nitrogen and oxygen atoms in total. The van der Waals surface area contributed by atoms with Gasteiger partial charge < -0.3 is 5.73 Å². The van der Waals surface area contributed by atoms with Crippen molar-refractivity contribution in [2.75, 3.05) is 0 Å². The molecule has 0 aliphatic carbocycles.